The number of hydrogen-bond donors (Lipinski definition) is 3. The minimum absolute atomic E-state index is 0.104. The largest absolute Gasteiger partial charge is 0.435 e. The Bertz CT molecular complexity index is 1750. The second-order valence-corrected chi connectivity index (χ2v) is 10.6. The molecular formula is C30H25F5N6O. The summed E-state index contributed by atoms with van der Waals surface area (Å²) in [5, 5.41) is 16.3. The first kappa shape index (κ1) is 27.6. The van der Waals surface area contributed by atoms with Crippen LogP contribution in [-0.4, -0.2) is 37.4 Å². The Kier molecular flexibility index (Phi) is 6.78. The molecular weight excluding hydrogens is 555 g/mol. The molecule has 2 unspecified atom stereocenters. The highest BCUT2D eigenvalue weighted by molar-refractivity contribution is 6.25. The van der Waals surface area contributed by atoms with Gasteiger partial charge in [0.1, 0.15) is 23.8 Å². The topological polar surface area (TPSA) is 99.5 Å². The lowest BCUT2D eigenvalue weighted by Gasteiger charge is -2.22. The molecule has 1 fully saturated rings. The van der Waals surface area contributed by atoms with Crippen molar-refractivity contribution in [2.75, 3.05) is 0 Å². The SMILES string of the molecule is C=C/C=C(\C(=N)[C@H](Cc1cc(F)cc(F)c1)NC(=O)Cn1nc(C(F)(F)F)c2c1CC1CC21)c1cnc2[nH]ccc2c1. The van der Waals surface area contributed by atoms with Crippen molar-refractivity contribution in [1.29, 1.82) is 5.41 Å². The van der Waals surface area contributed by atoms with Crippen LogP contribution in [0.4, 0.5) is 22.0 Å². The molecule has 3 aromatic heterocycles. The Hall–Kier alpha value is -4.61. The maximum Gasteiger partial charge on any atom is 0.435 e. The summed E-state index contributed by atoms with van der Waals surface area (Å²) < 4.78 is 70.3. The van der Waals surface area contributed by atoms with Crippen molar-refractivity contribution in [2.45, 2.75) is 43.9 Å². The molecule has 6 rings (SSSR count). The number of rotatable bonds is 9. The number of nitrogens with zero attached hydrogens (tertiary/aromatic N) is 3. The number of benzene rings is 1. The van der Waals surface area contributed by atoms with Crippen LogP contribution in [0.3, 0.4) is 0 Å². The highest BCUT2D eigenvalue weighted by Gasteiger charge is 2.53. The summed E-state index contributed by atoms with van der Waals surface area (Å²) in [6, 6.07) is 5.40. The van der Waals surface area contributed by atoms with E-state index in [1.54, 1.807) is 30.6 Å². The molecule has 3 N–H and O–H groups in total. The van der Waals surface area contributed by atoms with Crippen LogP contribution >= 0.6 is 0 Å². The maximum atomic E-state index is 14.0. The number of carbonyl (C=O) groups excluding carboxylic acids is 1. The van der Waals surface area contributed by atoms with Gasteiger partial charge in [-0.2, -0.15) is 18.3 Å². The smallest absolute Gasteiger partial charge is 0.346 e. The van der Waals surface area contributed by atoms with Gasteiger partial charge in [0, 0.05) is 46.2 Å². The van der Waals surface area contributed by atoms with Crippen molar-refractivity contribution >= 4 is 28.2 Å². The summed E-state index contributed by atoms with van der Waals surface area (Å²) in [7, 11) is 0. The van der Waals surface area contributed by atoms with Crippen molar-refractivity contribution in [3.05, 3.63) is 101 Å². The summed E-state index contributed by atoms with van der Waals surface area (Å²) in [5.74, 6) is -2.39. The zero-order valence-corrected chi connectivity index (χ0v) is 22.1. The molecule has 0 aliphatic heterocycles. The standard InChI is InChI=1S/C30H25F5N6O/c1-2-3-21(18-9-16-4-5-37-29(16)38-13-18)27(36)23(8-15-6-19(31)12-20(32)7-15)39-25(42)14-41-24-11-17-10-22(17)26(24)28(40-41)30(33,34)35/h2-7,9,12-13,17,22-23,36H,1,8,10-11,14H2,(H,37,38)(H,39,42)/b21-3-,36-27?/t17?,22?,23-/m0/s1. The molecule has 0 bridgehead atoms. The first-order valence-electron chi connectivity index (χ1n) is 13.3. The van der Waals surface area contributed by atoms with Gasteiger partial charge in [0.2, 0.25) is 5.91 Å². The third-order valence-corrected chi connectivity index (χ3v) is 7.74. The maximum absolute atomic E-state index is 14.0. The van der Waals surface area contributed by atoms with Crippen LogP contribution in [0.15, 0.2) is 61.5 Å². The average molecular weight is 581 g/mol. The second kappa shape index (κ2) is 10.3. The van der Waals surface area contributed by atoms with Crippen LogP contribution in [-0.2, 0) is 30.4 Å². The van der Waals surface area contributed by atoms with E-state index >= 15 is 0 Å². The molecule has 3 heterocycles. The normalized spacial score (nSPS) is 18.5. The molecule has 1 amide bonds. The Labute approximate surface area is 236 Å². The fraction of sp³-hybridized carbons (Fsp3) is 0.267. The molecule has 42 heavy (non-hydrogen) atoms. The number of carbonyl (C=O) groups is 1. The van der Waals surface area contributed by atoms with Gasteiger partial charge in [0.05, 0.1) is 11.8 Å². The first-order chi connectivity index (χ1) is 20.0. The number of pyridine rings is 1. The zero-order valence-electron chi connectivity index (χ0n) is 22.1. The highest BCUT2D eigenvalue weighted by atomic mass is 19.4. The Morgan fingerprint density at radius 3 is 2.71 bits per heavy atom. The van der Waals surface area contributed by atoms with E-state index in [0.29, 0.717) is 41.4 Å². The third-order valence-electron chi connectivity index (χ3n) is 7.74. The second-order valence-electron chi connectivity index (χ2n) is 10.6. The zero-order chi connectivity index (χ0) is 29.8. The van der Waals surface area contributed by atoms with E-state index in [9.17, 15) is 26.7 Å². The first-order valence-corrected chi connectivity index (χ1v) is 13.3. The van der Waals surface area contributed by atoms with E-state index < -0.39 is 42.0 Å². The van der Waals surface area contributed by atoms with E-state index in [2.05, 4.69) is 27.0 Å². The summed E-state index contributed by atoms with van der Waals surface area (Å²) >= 11 is 0. The number of aromatic amines is 1. The predicted molar refractivity (Wildman–Crippen MR) is 146 cm³/mol. The molecule has 1 aromatic carbocycles. The molecule has 3 atom stereocenters. The van der Waals surface area contributed by atoms with Crippen molar-refractivity contribution in [2.24, 2.45) is 5.92 Å². The summed E-state index contributed by atoms with van der Waals surface area (Å²) in [5.41, 5.74) is 1.20. The molecule has 2 aliphatic rings. The molecule has 1 saturated carbocycles. The number of H-pyrrole nitrogens is 1. The molecule has 4 aromatic rings. The monoisotopic (exact) mass is 580 g/mol. The van der Waals surface area contributed by atoms with Gasteiger partial charge in [-0.3, -0.25) is 9.48 Å². The van der Waals surface area contributed by atoms with Gasteiger partial charge in [-0.1, -0.05) is 18.7 Å². The summed E-state index contributed by atoms with van der Waals surface area (Å²) in [6.45, 7) is 3.22. The molecule has 2 aliphatic carbocycles. The van der Waals surface area contributed by atoms with Gasteiger partial charge in [0.25, 0.3) is 0 Å². The van der Waals surface area contributed by atoms with Gasteiger partial charge in [-0.15, -0.1) is 0 Å². The van der Waals surface area contributed by atoms with Gasteiger partial charge < -0.3 is 15.7 Å². The van der Waals surface area contributed by atoms with E-state index in [-0.39, 0.29) is 35.1 Å². The molecule has 12 heteroatoms. The summed E-state index contributed by atoms with van der Waals surface area (Å²) in [4.78, 5) is 20.6. The molecule has 0 spiro atoms. The number of nitrogens with one attached hydrogen (secondary N) is 3. The van der Waals surface area contributed by atoms with Gasteiger partial charge in [0.15, 0.2) is 5.69 Å². The Morgan fingerprint density at radius 1 is 1.24 bits per heavy atom. The van der Waals surface area contributed by atoms with Gasteiger partial charge in [-0.05, 0) is 60.9 Å². The van der Waals surface area contributed by atoms with Crippen LogP contribution < -0.4 is 5.32 Å². The number of allylic oxidation sites excluding steroid dienone is 2. The molecule has 7 nitrogen and oxygen atoms in total. The molecule has 0 radical (unpaired) electrons. The van der Waals surface area contributed by atoms with Crippen molar-refractivity contribution in [3.63, 3.8) is 0 Å². The van der Waals surface area contributed by atoms with Crippen LogP contribution in [0.25, 0.3) is 16.6 Å². The number of amides is 1. The van der Waals surface area contributed by atoms with Crippen molar-refractivity contribution in [1.82, 2.24) is 25.1 Å². The average Bonchev–Trinajstić information content (AvgIpc) is 3.22. The molecule has 0 saturated heterocycles. The Balaban J connectivity index is 1.31. The van der Waals surface area contributed by atoms with E-state index in [0.717, 1.165) is 22.2 Å². The fourth-order valence-electron chi connectivity index (χ4n) is 5.83. The predicted octanol–water partition coefficient (Wildman–Crippen LogP) is 5.73. The van der Waals surface area contributed by atoms with Crippen molar-refractivity contribution < 1.29 is 26.7 Å². The van der Waals surface area contributed by atoms with Crippen LogP contribution in [0.2, 0.25) is 0 Å². The van der Waals surface area contributed by atoms with E-state index in [4.69, 9.17) is 5.41 Å². The number of hydrogen-bond acceptors (Lipinski definition) is 4. The van der Waals surface area contributed by atoms with Crippen LogP contribution in [0.5, 0.6) is 0 Å². The number of halogens is 5. The lowest BCUT2D eigenvalue weighted by atomic mass is 9.92. The van der Waals surface area contributed by atoms with Crippen LogP contribution in [0, 0.1) is 23.0 Å². The lowest BCUT2D eigenvalue weighted by Crippen LogP contribution is -2.44. The number of alkyl halides is 3. The highest BCUT2D eigenvalue weighted by Crippen LogP contribution is 2.58. The molecule has 216 valence electrons. The van der Waals surface area contributed by atoms with E-state index in [1.165, 1.54) is 6.08 Å². The minimum Gasteiger partial charge on any atom is -0.346 e. The van der Waals surface area contributed by atoms with Gasteiger partial charge >= 0.3 is 6.18 Å². The van der Waals surface area contributed by atoms with Crippen molar-refractivity contribution in [3.8, 4) is 0 Å². The van der Waals surface area contributed by atoms with Crippen LogP contribution in [0.1, 0.15) is 40.4 Å². The van der Waals surface area contributed by atoms with Gasteiger partial charge in [-0.25, -0.2) is 13.8 Å². The lowest BCUT2D eigenvalue weighted by molar-refractivity contribution is -0.142. The minimum atomic E-state index is -4.64. The Morgan fingerprint density at radius 2 is 2.00 bits per heavy atom. The summed E-state index contributed by atoms with van der Waals surface area (Å²) in [6.07, 6.45) is 2.56. The quantitative estimate of drug-likeness (QED) is 0.134. The third kappa shape index (κ3) is 5.24. The van der Waals surface area contributed by atoms with E-state index in [1.807, 2.05) is 0 Å². The number of aromatic nitrogens is 4. The number of fused-ring (bicyclic) bond motifs is 4. The fourth-order valence-corrected chi connectivity index (χ4v) is 5.83.